The average molecular weight is 439 g/mol. The maximum absolute atomic E-state index is 12.9. The molecule has 0 atom stereocenters. The lowest BCUT2D eigenvalue weighted by Gasteiger charge is -2.29. The largest absolute Gasteiger partial charge is 0.497 e. The van der Waals surface area contributed by atoms with E-state index in [2.05, 4.69) is 16.3 Å². The summed E-state index contributed by atoms with van der Waals surface area (Å²) in [7, 11) is 1.63. The summed E-state index contributed by atoms with van der Waals surface area (Å²) in [6, 6.07) is 15.6. The Labute approximate surface area is 186 Å². The summed E-state index contributed by atoms with van der Waals surface area (Å²) < 4.78 is 13.1. The van der Waals surface area contributed by atoms with Crippen molar-refractivity contribution in [1.82, 2.24) is 14.8 Å². The second-order valence-electron chi connectivity index (χ2n) is 7.18. The molecule has 0 unspecified atom stereocenters. The van der Waals surface area contributed by atoms with Gasteiger partial charge in [0.15, 0.2) is 11.0 Å². The molecule has 1 aliphatic rings. The molecule has 0 fully saturated rings. The van der Waals surface area contributed by atoms with Crippen LogP contribution in [0.4, 0.5) is 5.69 Å². The Balaban J connectivity index is 1.39. The molecule has 0 spiro atoms. The lowest BCUT2D eigenvalue weighted by molar-refractivity contribution is -0.116. The highest BCUT2D eigenvalue weighted by molar-refractivity contribution is 7.99. The van der Waals surface area contributed by atoms with Crippen LogP contribution in [0.3, 0.4) is 0 Å². The summed E-state index contributed by atoms with van der Waals surface area (Å²) in [5.74, 6) is 2.59. The number of carbonyl (C=O) groups is 1. The molecular formula is C23H26N4O3S. The van der Waals surface area contributed by atoms with E-state index in [1.165, 1.54) is 17.3 Å². The van der Waals surface area contributed by atoms with Crippen molar-refractivity contribution in [2.75, 3.05) is 24.3 Å². The minimum atomic E-state index is 0.0944. The molecule has 0 bridgehead atoms. The number of fused-ring (bicyclic) bond motifs is 1. The summed E-state index contributed by atoms with van der Waals surface area (Å²) in [6.07, 6.45) is 2.01. The number of hydrogen-bond acceptors (Lipinski definition) is 6. The Morgan fingerprint density at radius 2 is 1.97 bits per heavy atom. The Bertz CT molecular complexity index is 1050. The third-order valence-electron chi connectivity index (χ3n) is 5.25. The summed E-state index contributed by atoms with van der Waals surface area (Å²) in [4.78, 5) is 14.8. The van der Waals surface area contributed by atoms with E-state index in [1.54, 1.807) is 7.11 Å². The molecule has 2 heterocycles. The minimum Gasteiger partial charge on any atom is -0.497 e. The van der Waals surface area contributed by atoms with Crippen molar-refractivity contribution in [2.45, 2.75) is 38.1 Å². The molecule has 1 amide bonds. The number of methoxy groups -OCH3 is 1. The number of aromatic nitrogens is 3. The standard InChI is InChI=1S/C23H26N4O3S/c1-3-26-21(15-30-19-11-6-10-18(14-19)29-2)24-25-23(26)31-16-22(28)27-13-7-9-17-8-4-5-12-20(17)27/h4-6,8,10-12,14H,3,7,9,13,15-16H2,1-2H3. The van der Waals surface area contributed by atoms with Crippen LogP contribution in [0.15, 0.2) is 53.7 Å². The molecule has 0 N–H and O–H groups in total. The van der Waals surface area contributed by atoms with Gasteiger partial charge < -0.3 is 18.9 Å². The molecular weight excluding hydrogens is 412 g/mol. The summed E-state index contributed by atoms with van der Waals surface area (Å²) in [6.45, 7) is 3.79. The highest BCUT2D eigenvalue weighted by atomic mass is 32.2. The molecule has 3 aromatic rings. The van der Waals surface area contributed by atoms with Gasteiger partial charge in [-0.2, -0.15) is 0 Å². The van der Waals surface area contributed by atoms with Crippen molar-refractivity contribution in [3.05, 3.63) is 59.9 Å². The molecule has 0 aliphatic carbocycles. The smallest absolute Gasteiger partial charge is 0.237 e. The number of rotatable bonds is 8. The zero-order valence-corrected chi connectivity index (χ0v) is 18.6. The summed E-state index contributed by atoms with van der Waals surface area (Å²) >= 11 is 1.42. The predicted octanol–water partition coefficient (Wildman–Crippen LogP) is 3.96. The topological polar surface area (TPSA) is 69.5 Å². The highest BCUT2D eigenvalue weighted by Crippen LogP contribution is 2.28. The SMILES string of the molecule is CCn1c(COc2cccc(OC)c2)nnc1SCC(=O)N1CCCc2ccccc21. The molecule has 7 nitrogen and oxygen atoms in total. The van der Waals surface area contributed by atoms with Crippen molar-refractivity contribution in [2.24, 2.45) is 0 Å². The molecule has 0 saturated carbocycles. The Morgan fingerprint density at radius 3 is 2.81 bits per heavy atom. The Morgan fingerprint density at radius 1 is 1.13 bits per heavy atom. The lowest BCUT2D eigenvalue weighted by Crippen LogP contribution is -2.36. The van der Waals surface area contributed by atoms with Gasteiger partial charge in [-0.15, -0.1) is 10.2 Å². The Kier molecular flexibility index (Phi) is 6.76. The van der Waals surface area contributed by atoms with E-state index in [4.69, 9.17) is 9.47 Å². The van der Waals surface area contributed by atoms with Crippen molar-refractivity contribution >= 4 is 23.4 Å². The van der Waals surface area contributed by atoms with Crippen molar-refractivity contribution in [3.63, 3.8) is 0 Å². The minimum absolute atomic E-state index is 0.0944. The second kappa shape index (κ2) is 9.87. The van der Waals surface area contributed by atoms with Crippen LogP contribution < -0.4 is 14.4 Å². The predicted molar refractivity (Wildman–Crippen MR) is 121 cm³/mol. The van der Waals surface area contributed by atoms with E-state index in [9.17, 15) is 4.79 Å². The van der Waals surface area contributed by atoms with Crippen LogP contribution >= 0.6 is 11.8 Å². The van der Waals surface area contributed by atoms with Crippen LogP contribution in [0.25, 0.3) is 0 Å². The van der Waals surface area contributed by atoms with Gasteiger partial charge in [0.25, 0.3) is 0 Å². The van der Waals surface area contributed by atoms with Crippen molar-refractivity contribution in [3.8, 4) is 11.5 Å². The normalized spacial score (nSPS) is 13.0. The second-order valence-corrected chi connectivity index (χ2v) is 8.12. The van der Waals surface area contributed by atoms with Crippen LogP contribution in [0.1, 0.15) is 24.7 Å². The fourth-order valence-corrected chi connectivity index (χ4v) is 4.58. The van der Waals surface area contributed by atoms with Crippen LogP contribution in [0.5, 0.6) is 11.5 Å². The van der Waals surface area contributed by atoms with Gasteiger partial charge in [-0.1, -0.05) is 36.0 Å². The number of nitrogens with zero attached hydrogens (tertiary/aromatic N) is 4. The van der Waals surface area contributed by atoms with E-state index >= 15 is 0 Å². The van der Waals surface area contributed by atoms with E-state index in [-0.39, 0.29) is 5.91 Å². The summed E-state index contributed by atoms with van der Waals surface area (Å²) in [5.41, 5.74) is 2.27. The zero-order valence-electron chi connectivity index (χ0n) is 17.8. The van der Waals surface area contributed by atoms with Crippen LogP contribution in [0, 0.1) is 0 Å². The molecule has 2 aromatic carbocycles. The maximum Gasteiger partial charge on any atom is 0.237 e. The number of benzene rings is 2. The molecule has 1 aromatic heterocycles. The molecule has 31 heavy (non-hydrogen) atoms. The van der Waals surface area contributed by atoms with E-state index in [0.717, 1.165) is 41.8 Å². The summed E-state index contributed by atoms with van der Waals surface area (Å²) in [5, 5.41) is 9.30. The number of aryl methyl sites for hydroxylation is 1. The molecule has 0 radical (unpaired) electrons. The fourth-order valence-electron chi connectivity index (χ4n) is 3.69. The van der Waals surface area contributed by atoms with Crippen molar-refractivity contribution in [1.29, 1.82) is 0 Å². The first-order valence-corrected chi connectivity index (χ1v) is 11.4. The number of ether oxygens (including phenoxy) is 2. The number of amides is 1. The third-order valence-corrected chi connectivity index (χ3v) is 6.21. The van der Waals surface area contributed by atoms with Gasteiger partial charge in [0.05, 0.1) is 12.9 Å². The van der Waals surface area contributed by atoms with Gasteiger partial charge in [0, 0.05) is 24.8 Å². The van der Waals surface area contributed by atoms with Gasteiger partial charge in [0.1, 0.15) is 18.1 Å². The first-order chi connectivity index (χ1) is 15.2. The molecule has 162 valence electrons. The first kappa shape index (κ1) is 21.2. The zero-order chi connectivity index (χ0) is 21.6. The monoisotopic (exact) mass is 438 g/mol. The van der Waals surface area contributed by atoms with Crippen LogP contribution in [-0.2, 0) is 24.4 Å². The maximum atomic E-state index is 12.9. The number of hydrogen-bond donors (Lipinski definition) is 0. The molecule has 4 rings (SSSR count). The number of anilines is 1. The highest BCUT2D eigenvalue weighted by Gasteiger charge is 2.23. The number of carbonyl (C=O) groups excluding carboxylic acids is 1. The van der Waals surface area contributed by atoms with Crippen LogP contribution in [0.2, 0.25) is 0 Å². The van der Waals surface area contributed by atoms with Gasteiger partial charge in [-0.25, -0.2) is 0 Å². The molecule has 0 saturated heterocycles. The van der Waals surface area contributed by atoms with E-state index < -0.39 is 0 Å². The Hall–Kier alpha value is -3.00. The quantitative estimate of drug-likeness (QED) is 0.496. The number of thioether (sulfide) groups is 1. The third kappa shape index (κ3) is 4.85. The fraction of sp³-hybridized carbons (Fsp3) is 0.348. The van der Waals surface area contributed by atoms with Gasteiger partial charge in [-0.05, 0) is 43.5 Å². The van der Waals surface area contributed by atoms with Crippen LogP contribution in [-0.4, -0.2) is 40.1 Å². The average Bonchev–Trinajstić information content (AvgIpc) is 3.22. The van der Waals surface area contributed by atoms with E-state index in [1.807, 2.05) is 58.9 Å². The molecule has 8 heteroatoms. The lowest BCUT2D eigenvalue weighted by atomic mass is 10.0. The van der Waals surface area contributed by atoms with Gasteiger partial charge in [-0.3, -0.25) is 4.79 Å². The molecule has 1 aliphatic heterocycles. The van der Waals surface area contributed by atoms with Crippen molar-refractivity contribution < 1.29 is 14.3 Å². The van der Waals surface area contributed by atoms with Gasteiger partial charge >= 0.3 is 0 Å². The van der Waals surface area contributed by atoms with Gasteiger partial charge in [0.2, 0.25) is 5.91 Å². The number of para-hydroxylation sites is 1. The van der Waals surface area contributed by atoms with E-state index in [0.29, 0.717) is 24.7 Å². The first-order valence-electron chi connectivity index (χ1n) is 10.4.